The number of aryl methyl sites for hydroxylation is 1. The molecule has 0 unspecified atom stereocenters. The van der Waals surface area contributed by atoms with Crippen molar-refractivity contribution in [3.63, 3.8) is 0 Å². The molecule has 5 heteroatoms. The molecule has 0 spiro atoms. The lowest BCUT2D eigenvalue weighted by molar-refractivity contribution is 0.583. The van der Waals surface area contributed by atoms with Gasteiger partial charge in [-0.25, -0.2) is 9.37 Å². The monoisotopic (exact) mass is 386 g/mol. The Balaban J connectivity index is 1.49. The maximum absolute atomic E-state index is 13.4. The minimum atomic E-state index is -0.240. The molecule has 0 aliphatic heterocycles. The molecule has 29 heavy (non-hydrogen) atoms. The van der Waals surface area contributed by atoms with Crippen LogP contribution in [0.25, 0.3) is 22.5 Å². The van der Waals surface area contributed by atoms with Crippen molar-refractivity contribution in [2.45, 2.75) is 19.5 Å². The predicted molar refractivity (Wildman–Crippen MR) is 114 cm³/mol. The van der Waals surface area contributed by atoms with Gasteiger partial charge in [0.05, 0.1) is 17.7 Å². The molecular formula is C24H23FN4. The van der Waals surface area contributed by atoms with Crippen LogP contribution in [0.3, 0.4) is 0 Å². The van der Waals surface area contributed by atoms with E-state index >= 15 is 0 Å². The van der Waals surface area contributed by atoms with Crippen molar-refractivity contribution in [2.24, 2.45) is 0 Å². The van der Waals surface area contributed by atoms with E-state index in [0.717, 1.165) is 48.6 Å². The molecule has 0 fully saturated rings. The van der Waals surface area contributed by atoms with E-state index in [2.05, 4.69) is 44.1 Å². The molecule has 4 nitrogen and oxygen atoms in total. The Morgan fingerprint density at radius 2 is 1.62 bits per heavy atom. The first-order valence-corrected chi connectivity index (χ1v) is 9.77. The van der Waals surface area contributed by atoms with Crippen molar-refractivity contribution in [2.75, 3.05) is 6.54 Å². The van der Waals surface area contributed by atoms with Crippen LogP contribution in [0.15, 0.2) is 85.5 Å². The average molecular weight is 386 g/mol. The van der Waals surface area contributed by atoms with Gasteiger partial charge < -0.3 is 9.88 Å². The lowest BCUT2D eigenvalue weighted by Crippen LogP contribution is -2.16. The van der Waals surface area contributed by atoms with Crippen LogP contribution in [0, 0.1) is 5.82 Å². The van der Waals surface area contributed by atoms with Crippen LogP contribution in [-0.4, -0.2) is 21.1 Å². The summed E-state index contributed by atoms with van der Waals surface area (Å²) in [5.41, 5.74) is 5.12. The highest BCUT2D eigenvalue weighted by Gasteiger charge is 2.15. The molecule has 2 heterocycles. The van der Waals surface area contributed by atoms with Crippen LogP contribution in [0.2, 0.25) is 0 Å². The summed E-state index contributed by atoms with van der Waals surface area (Å²) in [6.45, 7) is 2.59. The smallest absolute Gasteiger partial charge is 0.123 e. The molecule has 0 saturated carbocycles. The molecule has 0 radical (unpaired) electrons. The Kier molecular flexibility index (Phi) is 6.07. The Labute approximate surface area is 170 Å². The zero-order valence-corrected chi connectivity index (χ0v) is 16.1. The van der Waals surface area contributed by atoms with E-state index in [1.54, 1.807) is 24.5 Å². The Hall–Kier alpha value is -3.31. The molecule has 0 saturated heterocycles. The fourth-order valence-electron chi connectivity index (χ4n) is 3.39. The normalized spacial score (nSPS) is 10.9. The van der Waals surface area contributed by atoms with Gasteiger partial charge in [-0.15, -0.1) is 0 Å². The highest BCUT2D eigenvalue weighted by Crippen LogP contribution is 2.31. The molecule has 4 rings (SSSR count). The SMILES string of the molecule is Fc1ccc(-c2c(-c3ccncc3)ncn2CCCNCc2ccccc2)cc1. The molecule has 2 aromatic carbocycles. The van der Waals surface area contributed by atoms with E-state index in [-0.39, 0.29) is 5.82 Å². The highest BCUT2D eigenvalue weighted by atomic mass is 19.1. The number of pyridine rings is 1. The van der Waals surface area contributed by atoms with E-state index in [0.29, 0.717) is 0 Å². The fourth-order valence-corrected chi connectivity index (χ4v) is 3.39. The number of hydrogen-bond acceptors (Lipinski definition) is 3. The number of nitrogens with one attached hydrogen (secondary N) is 1. The number of aromatic nitrogens is 3. The summed E-state index contributed by atoms with van der Waals surface area (Å²) in [6, 6.07) is 20.9. The molecule has 0 bridgehead atoms. The minimum absolute atomic E-state index is 0.240. The van der Waals surface area contributed by atoms with E-state index in [4.69, 9.17) is 0 Å². The summed E-state index contributed by atoms with van der Waals surface area (Å²) in [4.78, 5) is 8.75. The van der Waals surface area contributed by atoms with Crippen LogP contribution < -0.4 is 5.32 Å². The van der Waals surface area contributed by atoms with Crippen LogP contribution >= 0.6 is 0 Å². The molecule has 4 aromatic rings. The Bertz CT molecular complexity index is 1030. The molecule has 0 amide bonds. The van der Waals surface area contributed by atoms with Gasteiger partial charge in [0.2, 0.25) is 0 Å². The number of imidazole rings is 1. The summed E-state index contributed by atoms with van der Waals surface area (Å²) in [5, 5.41) is 3.49. The van der Waals surface area contributed by atoms with Gasteiger partial charge >= 0.3 is 0 Å². The molecule has 146 valence electrons. The Morgan fingerprint density at radius 3 is 2.38 bits per heavy atom. The number of benzene rings is 2. The van der Waals surface area contributed by atoms with Crippen molar-refractivity contribution in [3.05, 3.63) is 96.8 Å². The van der Waals surface area contributed by atoms with E-state index in [9.17, 15) is 4.39 Å². The maximum atomic E-state index is 13.4. The fraction of sp³-hybridized carbons (Fsp3) is 0.167. The quantitative estimate of drug-likeness (QED) is 0.437. The van der Waals surface area contributed by atoms with E-state index in [1.165, 1.54) is 17.7 Å². The van der Waals surface area contributed by atoms with Gasteiger partial charge in [0, 0.05) is 36.6 Å². The third-order valence-electron chi connectivity index (χ3n) is 4.83. The predicted octanol–water partition coefficient (Wildman–Crippen LogP) is 4.93. The van der Waals surface area contributed by atoms with Crippen molar-refractivity contribution in [1.29, 1.82) is 0 Å². The van der Waals surface area contributed by atoms with Crippen LogP contribution in [-0.2, 0) is 13.1 Å². The Morgan fingerprint density at radius 1 is 0.862 bits per heavy atom. The third kappa shape index (κ3) is 4.76. The van der Waals surface area contributed by atoms with Gasteiger partial charge in [-0.05, 0) is 54.9 Å². The summed E-state index contributed by atoms with van der Waals surface area (Å²) in [6.07, 6.45) is 6.35. The van der Waals surface area contributed by atoms with Gasteiger partial charge in [0.25, 0.3) is 0 Å². The highest BCUT2D eigenvalue weighted by molar-refractivity contribution is 5.78. The van der Waals surface area contributed by atoms with Crippen molar-refractivity contribution >= 4 is 0 Å². The molecule has 0 atom stereocenters. The largest absolute Gasteiger partial charge is 0.330 e. The zero-order valence-electron chi connectivity index (χ0n) is 16.1. The first kappa shape index (κ1) is 19.0. The molecule has 0 aliphatic rings. The van der Waals surface area contributed by atoms with Crippen LogP contribution in [0.5, 0.6) is 0 Å². The second kappa shape index (κ2) is 9.26. The molecule has 1 N–H and O–H groups in total. The topological polar surface area (TPSA) is 42.7 Å². The lowest BCUT2D eigenvalue weighted by atomic mass is 10.1. The zero-order chi connectivity index (χ0) is 19.9. The lowest BCUT2D eigenvalue weighted by Gasteiger charge is -2.11. The first-order valence-electron chi connectivity index (χ1n) is 9.77. The second-order valence-electron chi connectivity index (χ2n) is 6.89. The van der Waals surface area contributed by atoms with Gasteiger partial charge in [0.1, 0.15) is 5.82 Å². The number of rotatable bonds is 8. The van der Waals surface area contributed by atoms with E-state index < -0.39 is 0 Å². The first-order chi connectivity index (χ1) is 14.3. The standard InChI is InChI=1S/C24H23FN4/c25-22-9-7-21(8-10-22)24-23(20-11-14-26-15-12-20)28-18-29(24)16-4-13-27-17-19-5-2-1-3-6-19/h1-3,5-12,14-15,18,27H,4,13,16-17H2. The molecular weight excluding hydrogens is 363 g/mol. The summed E-state index contributed by atoms with van der Waals surface area (Å²) < 4.78 is 15.6. The van der Waals surface area contributed by atoms with Crippen LogP contribution in [0.4, 0.5) is 4.39 Å². The summed E-state index contributed by atoms with van der Waals surface area (Å²) in [5.74, 6) is -0.240. The van der Waals surface area contributed by atoms with Gasteiger partial charge in [-0.3, -0.25) is 4.98 Å². The van der Waals surface area contributed by atoms with Crippen molar-refractivity contribution < 1.29 is 4.39 Å². The van der Waals surface area contributed by atoms with Gasteiger partial charge in [-0.1, -0.05) is 30.3 Å². The third-order valence-corrected chi connectivity index (χ3v) is 4.83. The molecule has 2 aromatic heterocycles. The molecule has 0 aliphatic carbocycles. The average Bonchev–Trinajstić information content (AvgIpc) is 3.19. The number of halogens is 1. The van der Waals surface area contributed by atoms with Gasteiger partial charge in [-0.2, -0.15) is 0 Å². The second-order valence-corrected chi connectivity index (χ2v) is 6.89. The number of hydrogen-bond donors (Lipinski definition) is 1. The van der Waals surface area contributed by atoms with Crippen molar-refractivity contribution in [3.8, 4) is 22.5 Å². The number of nitrogens with zero attached hydrogens (tertiary/aromatic N) is 3. The van der Waals surface area contributed by atoms with Crippen molar-refractivity contribution in [1.82, 2.24) is 19.9 Å². The summed E-state index contributed by atoms with van der Waals surface area (Å²) >= 11 is 0. The minimum Gasteiger partial charge on any atom is -0.330 e. The summed E-state index contributed by atoms with van der Waals surface area (Å²) in [7, 11) is 0. The van der Waals surface area contributed by atoms with E-state index in [1.807, 2.05) is 24.5 Å². The maximum Gasteiger partial charge on any atom is 0.123 e. The van der Waals surface area contributed by atoms with Crippen LogP contribution in [0.1, 0.15) is 12.0 Å². The van der Waals surface area contributed by atoms with Gasteiger partial charge in [0.15, 0.2) is 0 Å².